The lowest BCUT2D eigenvalue weighted by Crippen LogP contribution is -2.41. The summed E-state index contributed by atoms with van der Waals surface area (Å²) in [6.07, 6.45) is 2.35. The molecular formula is C15H19BFNO5. The number of pyridine rings is 1. The first kappa shape index (κ1) is 17.4. The number of rotatable bonds is 4. The monoisotopic (exact) mass is 323 g/mol. The fourth-order valence-corrected chi connectivity index (χ4v) is 2.11. The second-order valence-corrected chi connectivity index (χ2v) is 6.41. The maximum Gasteiger partial charge on any atom is 0.525 e. The van der Waals surface area contributed by atoms with Crippen LogP contribution in [0.5, 0.6) is 0 Å². The van der Waals surface area contributed by atoms with Crippen molar-refractivity contribution in [3.63, 3.8) is 0 Å². The van der Waals surface area contributed by atoms with Crippen LogP contribution in [0.3, 0.4) is 0 Å². The van der Waals surface area contributed by atoms with E-state index in [1.165, 1.54) is 18.3 Å². The lowest BCUT2D eigenvalue weighted by Gasteiger charge is -2.32. The molecule has 2 heterocycles. The minimum Gasteiger partial charge on any atom is -0.480 e. The minimum absolute atomic E-state index is 0.0287. The number of carboxylic acids is 1. The molecule has 1 aliphatic rings. The molecule has 124 valence electrons. The van der Waals surface area contributed by atoms with Crippen LogP contribution in [0.15, 0.2) is 28.9 Å². The molecule has 6 nitrogen and oxygen atoms in total. The van der Waals surface area contributed by atoms with Crippen LogP contribution in [0.4, 0.5) is 4.39 Å². The smallest absolute Gasteiger partial charge is 0.480 e. The summed E-state index contributed by atoms with van der Waals surface area (Å²) in [5, 5.41) is 8.76. The molecule has 8 heteroatoms. The van der Waals surface area contributed by atoms with Gasteiger partial charge in [0.15, 0.2) is 0 Å². The van der Waals surface area contributed by atoms with Crippen molar-refractivity contribution in [1.82, 2.24) is 4.57 Å². The zero-order valence-corrected chi connectivity index (χ0v) is 13.5. The Bertz CT molecular complexity index is 694. The Morgan fingerprint density at radius 2 is 1.91 bits per heavy atom. The first-order valence-corrected chi connectivity index (χ1v) is 7.17. The van der Waals surface area contributed by atoms with Crippen LogP contribution in [0.1, 0.15) is 33.3 Å². The van der Waals surface area contributed by atoms with Crippen molar-refractivity contribution in [3.8, 4) is 0 Å². The third-order valence-corrected chi connectivity index (χ3v) is 4.13. The van der Waals surface area contributed by atoms with Crippen molar-refractivity contribution in [2.24, 2.45) is 0 Å². The number of aromatic nitrogens is 1. The molecule has 0 saturated carbocycles. The van der Waals surface area contributed by atoms with E-state index in [4.69, 9.17) is 14.4 Å². The lowest BCUT2D eigenvalue weighted by atomic mass is 9.87. The van der Waals surface area contributed by atoms with E-state index >= 15 is 0 Å². The highest BCUT2D eigenvalue weighted by Crippen LogP contribution is 2.38. The van der Waals surface area contributed by atoms with E-state index in [-0.39, 0.29) is 5.56 Å². The molecule has 1 aromatic rings. The number of nitrogens with zero attached hydrogens (tertiary/aromatic N) is 1. The lowest BCUT2D eigenvalue weighted by molar-refractivity contribution is -0.137. The summed E-state index contributed by atoms with van der Waals surface area (Å²) in [5.41, 5.74) is -2.69. The van der Waals surface area contributed by atoms with Gasteiger partial charge in [0.25, 0.3) is 5.56 Å². The van der Waals surface area contributed by atoms with Crippen molar-refractivity contribution < 1.29 is 23.6 Å². The summed E-state index contributed by atoms with van der Waals surface area (Å²) in [6.45, 7) is 6.69. The highest BCUT2D eigenvalue weighted by molar-refractivity contribution is 6.54. The average molecular weight is 323 g/mol. The van der Waals surface area contributed by atoms with Crippen molar-refractivity contribution >= 4 is 19.2 Å². The molecule has 23 heavy (non-hydrogen) atoms. The van der Waals surface area contributed by atoms with E-state index in [1.807, 2.05) is 0 Å². The predicted molar refractivity (Wildman–Crippen MR) is 83.5 cm³/mol. The summed E-state index contributed by atoms with van der Waals surface area (Å²) >= 11 is 0. The van der Waals surface area contributed by atoms with Gasteiger partial charge in [0.2, 0.25) is 0 Å². The molecule has 1 fully saturated rings. The first-order chi connectivity index (χ1) is 10.5. The molecular weight excluding hydrogens is 304 g/mol. The number of halogens is 1. The van der Waals surface area contributed by atoms with Crippen molar-refractivity contribution in [3.05, 3.63) is 40.0 Å². The highest BCUT2D eigenvalue weighted by Gasteiger charge is 2.53. The van der Waals surface area contributed by atoms with Crippen molar-refractivity contribution in [2.45, 2.75) is 45.4 Å². The van der Waals surface area contributed by atoms with Gasteiger partial charge in [-0.3, -0.25) is 9.59 Å². The van der Waals surface area contributed by atoms with Gasteiger partial charge in [0.1, 0.15) is 12.3 Å². The molecule has 0 aromatic carbocycles. The fourth-order valence-electron chi connectivity index (χ4n) is 2.11. The molecule has 0 spiro atoms. The minimum atomic E-state index is -1.20. The molecule has 0 unspecified atom stereocenters. The van der Waals surface area contributed by atoms with Crippen LogP contribution < -0.4 is 5.56 Å². The Morgan fingerprint density at radius 1 is 1.35 bits per heavy atom. The molecule has 1 aromatic heterocycles. The van der Waals surface area contributed by atoms with Crippen LogP contribution in [0.25, 0.3) is 6.08 Å². The molecule has 1 N–H and O–H groups in total. The average Bonchev–Trinajstić information content (AvgIpc) is 2.63. The third-order valence-electron chi connectivity index (χ3n) is 4.13. The van der Waals surface area contributed by atoms with Crippen LogP contribution in [-0.4, -0.2) is 34.0 Å². The number of carbonyl (C=O) groups is 1. The summed E-state index contributed by atoms with van der Waals surface area (Å²) in [7, 11) is -1.20. The zero-order valence-electron chi connectivity index (χ0n) is 13.5. The molecule has 1 saturated heterocycles. The van der Waals surface area contributed by atoms with Gasteiger partial charge in [0, 0.05) is 11.8 Å². The van der Waals surface area contributed by atoms with Crippen LogP contribution in [0, 0.1) is 0 Å². The molecule has 0 bridgehead atoms. The van der Waals surface area contributed by atoms with Gasteiger partial charge in [-0.1, -0.05) is 0 Å². The molecule has 2 rings (SSSR count). The maximum atomic E-state index is 14.4. The van der Waals surface area contributed by atoms with Gasteiger partial charge in [-0.25, -0.2) is 4.39 Å². The summed E-state index contributed by atoms with van der Waals surface area (Å²) in [6, 6.07) is 2.89. The summed E-state index contributed by atoms with van der Waals surface area (Å²) < 4.78 is 26.5. The maximum absolute atomic E-state index is 14.4. The number of carboxylic acid groups (broad SMARTS) is 1. The van der Waals surface area contributed by atoms with Crippen molar-refractivity contribution in [2.75, 3.05) is 0 Å². The molecule has 0 amide bonds. The topological polar surface area (TPSA) is 77.8 Å². The fraction of sp³-hybridized carbons (Fsp3) is 0.467. The molecule has 1 aliphatic heterocycles. The normalized spacial score (nSPS) is 19.9. The Balaban J connectivity index is 2.29. The summed E-state index contributed by atoms with van der Waals surface area (Å²) in [4.78, 5) is 22.8. The van der Waals surface area contributed by atoms with Crippen LogP contribution >= 0.6 is 0 Å². The van der Waals surface area contributed by atoms with Gasteiger partial charge >= 0.3 is 13.1 Å². The van der Waals surface area contributed by atoms with E-state index in [0.717, 1.165) is 10.6 Å². The van der Waals surface area contributed by atoms with Gasteiger partial charge in [-0.2, -0.15) is 0 Å². The van der Waals surface area contributed by atoms with Crippen LogP contribution in [-0.2, 0) is 20.6 Å². The number of hydrogen-bond donors (Lipinski definition) is 1. The van der Waals surface area contributed by atoms with E-state index in [1.54, 1.807) is 27.7 Å². The van der Waals surface area contributed by atoms with Gasteiger partial charge in [-0.05, 0) is 45.9 Å². The second kappa shape index (κ2) is 5.94. The van der Waals surface area contributed by atoms with Crippen molar-refractivity contribution in [1.29, 1.82) is 0 Å². The van der Waals surface area contributed by atoms with Gasteiger partial charge in [-0.15, -0.1) is 0 Å². The Hall–Kier alpha value is -1.93. The first-order valence-electron chi connectivity index (χ1n) is 7.17. The van der Waals surface area contributed by atoms with E-state index in [9.17, 15) is 14.0 Å². The molecule has 0 atom stereocenters. The van der Waals surface area contributed by atoms with Crippen LogP contribution in [0.2, 0.25) is 0 Å². The van der Waals surface area contributed by atoms with Gasteiger partial charge in [0.05, 0.1) is 11.2 Å². The summed E-state index contributed by atoms with van der Waals surface area (Å²) in [5.74, 6) is -1.15. The number of hydrogen-bond acceptors (Lipinski definition) is 4. The van der Waals surface area contributed by atoms with E-state index in [0.29, 0.717) is 0 Å². The third kappa shape index (κ3) is 3.53. The van der Waals surface area contributed by atoms with E-state index in [2.05, 4.69) is 0 Å². The molecule has 0 radical (unpaired) electrons. The second-order valence-electron chi connectivity index (χ2n) is 6.41. The Kier molecular flexibility index (Phi) is 4.50. The Labute approximate surface area is 133 Å². The van der Waals surface area contributed by atoms with Gasteiger partial charge < -0.3 is 19.0 Å². The predicted octanol–water partition coefficient (Wildman–Crippen LogP) is 1.87. The highest BCUT2D eigenvalue weighted by atomic mass is 19.1. The number of aliphatic carboxylic acids is 1. The van der Waals surface area contributed by atoms with E-state index < -0.39 is 42.1 Å². The molecule has 0 aliphatic carbocycles. The standard InChI is InChI=1S/C15H19BFNO5/c1-14(2)15(3,4)23-16(22-14)11(17)8-10-6-5-7-18(13(10)21)9-12(19)20/h5-8H,9H2,1-4H3,(H,19,20). The SMILES string of the molecule is CC1(C)OB(C(F)=Cc2cccn(CC(=O)O)c2=O)OC1(C)C. The zero-order chi connectivity index (χ0) is 17.4. The largest absolute Gasteiger partial charge is 0.525 e. The quantitative estimate of drug-likeness (QED) is 0.856. The Morgan fingerprint density at radius 3 is 2.43 bits per heavy atom.